The maximum absolute atomic E-state index is 12.8. The SMILES string of the molecule is CCOC(=O)CN1C(=O)C2C(=NC(=[N+]3CCOCC3)N2C)N(C)C1=O. The van der Waals surface area contributed by atoms with Gasteiger partial charge in [0.05, 0.1) is 40.0 Å². The van der Waals surface area contributed by atoms with Gasteiger partial charge in [-0.05, 0) is 6.92 Å². The van der Waals surface area contributed by atoms with Crippen LogP contribution >= 0.6 is 0 Å². The standard InChI is InChI=1S/C15H22N5O5/c1-4-25-10(21)9-20-13(22)11-12(18(3)15(20)23)16-14(17(11)2)19-5-7-24-8-6-19/h11H,4-9H2,1-3H3/q+1. The van der Waals surface area contributed by atoms with Crippen LogP contribution in [0.3, 0.4) is 0 Å². The van der Waals surface area contributed by atoms with Gasteiger partial charge in [0, 0.05) is 7.05 Å². The van der Waals surface area contributed by atoms with E-state index in [9.17, 15) is 14.4 Å². The van der Waals surface area contributed by atoms with Crippen LogP contribution in [0.2, 0.25) is 0 Å². The molecule has 3 amide bonds. The van der Waals surface area contributed by atoms with Crippen LogP contribution in [-0.4, -0.2) is 109 Å². The number of aliphatic imine (C=N–C) groups is 1. The molecule has 0 aromatic heterocycles. The number of fused-ring (bicyclic) bond motifs is 1. The van der Waals surface area contributed by atoms with Crippen molar-refractivity contribution < 1.29 is 28.4 Å². The van der Waals surface area contributed by atoms with Crippen molar-refractivity contribution in [1.29, 1.82) is 0 Å². The van der Waals surface area contributed by atoms with Crippen molar-refractivity contribution in [1.82, 2.24) is 14.7 Å². The highest BCUT2D eigenvalue weighted by atomic mass is 16.5. The number of morpholine rings is 1. The van der Waals surface area contributed by atoms with E-state index in [-0.39, 0.29) is 6.61 Å². The zero-order valence-electron chi connectivity index (χ0n) is 14.6. The summed E-state index contributed by atoms with van der Waals surface area (Å²) in [5, 5.41) is 0. The summed E-state index contributed by atoms with van der Waals surface area (Å²) in [7, 11) is 3.31. The van der Waals surface area contributed by atoms with Gasteiger partial charge in [0.2, 0.25) is 11.9 Å². The molecule has 0 bridgehead atoms. The molecule has 3 heterocycles. The predicted molar refractivity (Wildman–Crippen MR) is 86.3 cm³/mol. The Labute approximate surface area is 145 Å². The molecule has 1 unspecified atom stereocenters. The fourth-order valence-electron chi connectivity index (χ4n) is 3.13. The van der Waals surface area contributed by atoms with Gasteiger partial charge in [-0.15, -0.1) is 0 Å². The molecule has 3 aliphatic rings. The lowest BCUT2D eigenvalue weighted by atomic mass is 10.1. The van der Waals surface area contributed by atoms with Gasteiger partial charge in [-0.25, -0.2) is 14.6 Å². The molecular weight excluding hydrogens is 330 g/mol. The number of guanidine groups is 1. The molecule has 10 heteroatoms. The first kappa shape index (κ1) is 17.3. The zero-order valence-corrected chi connectivity index (χ0v) is 14.6. The first-order chi connectivity index (χ1) is 12.0. The van der Waals surface area contributed by atoms with Gasteiger partial charge >= 0.3 is 18.0 Å². The van der Waals surface area contributed by atoms with E-state index in [1.807, 2.05) is 4.58 Å². The number of hydrogen-bond donors (Lipinski definition) is 0. The van der Waals surface area contributed by atoms with Crippen LogP contribution in [0.15, 0.2) is 4.99 Å². The Morgan fingerprint density at radius 1 is 1.32 bits per heavy atom. The van der Waals surface area contributed by atoms with Crippen molar-refractivity contribution in [3.05, 3.63) is 0 Å². The second kappa shape index (κ2) is 6.79. The average molecular weight is 352 g/mol. The number of imide groups is 1. The summed E-state index contributed by atoms with van der Waals surface area (Å²) >= 11 is 0. The van der Waals surface area contributed by atoms with E-state index in [4.69, 9.17) is 9.47 Å². The van der Waals surface area contributed by atoms with Gasteiger partial charge in [0.15, 0.2) is 0 Å². The number of esters is 1. The van der Waals surface area contributed by atoms with Crippen LogP contribution < -0.4 is 0 Å². The van der Waals surface area contributed by atoms with Crippen LogP contribution in [0.1, 0.15) is 6.92 Å². The first-order valence-corrected chi connectivity index (χ1v) is 8.21. The normalized spacial score (nSPS) is 23.9. The smallest absolute Gasteiger partial charge is 0.392 e. The molecule has 2 saturated heterocycles. The van der Waals surface area contributed by atoms with E-state index in [2.05, 4.69) is 4.99 Å². The molecule has 0 spiro atoms. The van der Waals surface area contributed by atoms with Crippen molar-refractivity contribution in [2.75, 3.05) is 53.6 Å². The number of nitrogens with zero attached hydrogens (tertiary/aromatic N) is 5. The molecule has 136 valence electrons. The Balaban J connectivity index is 1.89. The number of rotatable bonds is 3. The van der Waals surface area contributed by atoms with Crippen LogP contribution in [-0.2, 0) is 19.1 Å². The van der Waals surface area contributed by atoms with Crippen LogP contribution in [0.25, 0.3) is 0 Å². The van der Waals surface area contributed by atoms with Gasteiger partial charge in [0.1, 0.15) is 6.54 Å². The van der Waals surface area contributed by atoms with E-state index in [1.54, 1.807) is 25.9 Å². The number of carbonyl (C=O) groups excluding carboxylic acids is 3. The Hall–Kier alpha value is -2.49. The minimum absolute atomic E-state index is 0.190. The summed E-state index contributed by atoms with van der Waals surface area (Å²) in [6.07, 6.45) is 0. The lowest BCUT2D eigenvalue weighted by Crippen LogP contribution is -2.64. The molecule has 10 nitrogen and oxygen atoms in total. The Morgan fingerprint density at radius 2 is 2.00 bits per heavy atom. The minimum atomic E-state index is -0.727. The summed E-state index contributed by atoms with van der Waals surface area (Å²) in [6, 6.07) is -1.31. The number of urea groups is 1. The first-order valence-electron chi connectivity index (χ1n) is 8.21. The molecule has 0 aromatic rings. The lowest BCUT2D eigenvalue weighted by molar-refractivity contribution is -0.554. The number of likely N-dealkylation sites (N-methyl/N-ethyl adjacent to an activating group) is 2. The molecule has 1 atom stereocenters. The lowest BCUT2D eigenvalue weighted by Gasteiger charge is -2.33. The third-order valence-electron chi connectivity index (χ3n) is 4.41. The van der Waals surface area contributed by atoms with E-state index < -0.39 is 30.5 Å². The Bertz CT molecular complexity index is 665. The molecule has 0 aromatic carbocycles. The third-order valence-corrected chi connectivity index (χ3v) is 4.41. The van der Waals surface area contributed by atoms with Crippen LogP contribution in [0.5, 0.6) is 0 Å². The molecule has 3 aliphatic heterocycles. The molecular formula is C15H22N5O5+. The molecule has 0 saturated carbocycles. The number of amidine groups is 1. The Morgan fingerprint density at radius 3 is 2.64 bits per heavy atom. The maximum atomic E-state index is 12.8. The van der Waals surface area contributed by atoms with Gasteiger partial charge in [-0.1, -0.05) is 4.99 Å². The predicted octanol–water partition coefficient (Wildman–Crippen LogP) is -1.45. The van der Waals surface area contributed by atoms with E-state index >= 15 is 0 Å². The number of ether oxygens (including phenoxy) is 2. The van der Waals surface area contributed by atoms with Gasteiger partial charge in [-0.3, -0.25) is 19.1 Å². The molecule has 0 radical (unpaired) electrons. The highest BCUT2D eigenvalue weighted by molar-refractivity contribution is 6.25. The van der Waals surface area contributed by atoms with Crippen molar-refractivity contribution >= 4 is 29.7 Å². The molecule has 2 fully saturated rings. The molecule has 0 aliphatic carbocycles. The summed E-state index contributed by atoms with van der Waals surface area (Å²) in [4.78, 5) is 45.5. The third kappa shape index (κ3) is 2.97. The fourth-order valence-corrected chi connectivity index (χ4v) is 3.13. The quantitative estimate of drug-likeness (QED) is 0.456. The average Bonchev–Trinajstić information content (AvgIpc) is 2.95. The monoisotopic (exact) mass is 352 g/mol. The molecule has 0 N–H and O–H groups in total. The summed E-state index contributed by atoms with van der Waals surface area (Å²) in [6.45, 7) is 3.97. The van der Waals surface area contributed by atoms with E-state index in [0.29, 0.717) is 38.1 Å². The summed E-state index contributed by atoms with van der Waals surface area (Å²) < 4.78 is 12.2. The minimum Gasteiger partial charge on any atom is -0.465 e. The van der Waals surface area contributed by atoms with Crippen LogP contribution in [0, 0.1) is 0 Å². The second-order valence-corrected chi connectivity index (χ2v) is 5.95. The highest BCUT2D eigenvalue weighted by Gasteiger charge is 2.55. The topological polar surface area (TPSA) is 94.8 Å². The van der Waals surface area contributed by atoms with E-state index in [1.165, 1.54) is 4.90 Å². The van der Waals surface area contributed by atoms with E-state index in [0.717, 1.165) is 4.90 Å². The van der Waals surface area contributed by atoms with Gasteiger partial charge in [-0.2, -0.15) is 0 Å². The largest absolute Gasteiger partial charge is 0.465 e. The van der Waals surface area contributed by atoms with Gasteiger partial charge < -0.3 is 9.47 Å². The summed E-state index contributed by atoms with van der Waals surface area (Å²) in [5.41, 5.74) is 0. The number of carbonyl (C=O) groups is 3. The van der Waals surface area contributed by atoms with Crippen molar-refractivity contribution in [2.45, 2.75) is 13.0 Å². The van der Waals surface area contributed by atoms with Crippen molar-refractivity contribution in [3.63, 3.8) is 0 Å². The fraction of sp³-hybridized carbons (Fsp3) is 0.667. The second-order valence-electron chi connectivity index (χ2n) is 5.95. The van der Waals surface area contributed by atoms with Crippen molar-refractivity contribution in [2.24, 2.45) is 4.99 Å². The van der Waals surface area contributed by atoms with Crippen molar-refractivity contribution in [3.8, 4) is 0 Å². The van der Waals surface area contributed by atoms with Gasteiger partial charge in [0.25, 0.3) is 5.91 Å². The number of hydrogen-bond acceptors (Lipinski definition) is 5. The Kier molecular flexibility index (Phi) is 4.71. The maximum Gasteiger partial charge on any atom is 0.392 e. The molecule has 3 rings (SSSR count). The molecule has 25 heavy (non-hydrogen) atoms. The highest BCUT2D eigenvalue weighted by Crippen LogP contribution is 2.22. The number of amides is 3. The zero-order chi connectivity index (χ0) is 18.1. The van der Waals surface area contributed by atoms with Crippen LogP contribution in [0.4, 0.5) is 4.79 Å². The summed E-state index contributed by atoms with van der Waals surface area (Å²) in [5.74, 6) is -0.0786.